The topological polar surface area (TPSA) is 29.9 Å². The molecule has 4 heteroatoms. The lowest BCUT2D eigenvalue weighted by Crippen LogP contribution is -2.34. The Morgan fingerprint density at radius 2 is 2.26 bits per heavy atom. The van der Waals surface area contributed by atoms with Crippen LogP contribution in [0.25, 0.3) is 0 Å². The zero-order valence-corrected chi connectivity index (χ0v) is 13.8. The molecule has 1 aromatic heterocycles. The Balaban J connectivity index is 2.13. The number of aryl methyl sites for hydroxylation is 2. The van der Waals surface area contributed by atoms with Crippen LogP contribution in [-0.4, -0.2) is 22.4 Å². The van der Waals surface area contributed by atoms with Crippen molar-refractivity contribution in [3.8, 4) is 0 Å². The molecule has 1 saturated carbocycles. The van der Waals surface area contributed by atoms with Crippen molar-refractivity contribution >= 4 is 15.9 Å². The summed E-state index contributed by atoms with van der Waals surface area (Å²) in [5, 5.41) is 8.19. The molecule has 2 rings (SSSR count). The van der Waals surface area contributed by atoms with Crippen LogP contribution in [-0.2, 0) is 13.0 Å². The van der Waals surface area contributed by atoms with E-state index in [2.05, 4.69) is 57.5 Å². The standard InChI is InChI=1S/C15H24BrN3/c1-5-15(4,10-17-12-7-8-12)9-13-14(16)11(3)18-19(13)6-2/h5,12,17H,1,6-10H2,2-4H3. The lowest BCUT2D eigenvalue weighted by atomic mass is 9.85. The Hall–Kier alpha value is -0.610. The summed E-state index contributed by atoms with van der Waals surface area (Å²) in [6.45, 7) is 12.4. The van der Waals surface area contributed by atoms with Gasteiger partial charge in [-0.1, -0.05) is 13.0 Å². The van der Waals surface area contributed by atoms with E-state index in [1.54, 1.807) is 0 Å². The van der Waals surface area contributed by atoms with Crippen LogP contribution in [0, 0.1) is 12.3 Å². The van der Waals surface area contributed by atoms with Crippen molar-refractivity contribution in [3.63, 3.8) is 0 Å². The molecular formula is C15H24BrN3. The van der Waals surface area contributed by atoms with Gasteiger partial charge in [0.1, 0.15) is 0 Å². The maximum absolute atomic E-state index is 4.57. The van der Waals surface area contributed by atoms with E-state index >= 15 is 0 Å². The van der Waals surface area contributed by atoms with Crippen LogP contribution in [0.1, 0.15) is 38.1 Å². The minimum absolute atomic E-state index is 0.0739. The molecule has 1 unspecified atom stereocenters. The molecule has 1 aliphatic rings. The van der Waals surface area contributed by atoms with Gasteiger partial charge in [0.15, 0.2) is 0 Å². The largest absolute Gasteiger partial charge is 0.313 e. The van der Waals surface area contributed by atoms with Crippen molar-refractivity contribution in [1.29, 1.82) is 0 Å². The average molecular weight is 326 g/mol. The molecule has 1 atom stereocenters. The molecule has 1 aromatic rings. The normalized spacial score (nSPS) is 18.3. The van der Waals surface area contributed by atoms with Crippen LogP contribution >= 0.6 is 15.9 Å². The number of hydrogen-bond donors (Lipinski definition) is 1. The maximum atomic E-state index is 4.57. The number of nitrogens with zero attached hydrogens (tertiary/aromatic N) is 2. The van der Waals surface area contributed by atoms with Crippen LogP contribution in [0.5, 0.6) is 0 Å². The first kappa shape index (κ1) is 14.8. The monoisotopic (exact) mass is 325 g/mol. The van der Waals surface area contributed by atoms with Gasteiger partial charge in [-0.2, -0.15) is 5.10 Å². The smallest absolute Gasteiger partial charge is 0.0738 e. The first-order valence-corrected chi connectivity index (χ1v) is 7.87. The Bertz CT molecular complexity index is 462. The predicted molar refractivity (Wildman–Crippen MR) is 83.4 cm³/mol. The van der Waals surface area contributed by atoms with Crippen LogP contribution in [0.15, 0.2) is 17.1 Å². The maximum Gasteiger partial charge on any atom is 0.0738 e. The molecule has 1 N–H and O–H groups in total. The summed E-state index contributed by atoms with van der Waals surface area (Å²) in [6.07, 6.45) is 5.69. The average Bonchev–Trinajstić information content (AvgIpc) is 3.19. The SMILES string of the molecule is C=CC(C)(CNC1CC1)Cc1c(Br)c(C)nn1CC. The Kier molecular flexibility index (Phi) is 4.51. The van der Waals surface area contributed by atoms with Crippen molar-refractivity contribution < 1.29 is 0 Å². The first-order valence-electron chi connectivity index (χ1n) is 7.08. The zero-order valence-electron chi connectivity index (χ0n) is 12.2. The molecule has 0 aromatic carbocycles. The summed E-state index contributed by atoms with van der Waals surface area (Å²) in [4.78, 5) is 0. The van der Waals surface area contributed by atoms with Crippen LogP contribution in [0.2, 0.25) is 0 Å². The third kappa shape index (κ3) is 3.48. The van der Waals surface area contributed by atoms with Crippen molar-refractivity contribution in [1.82, 2.24) is 15.1 Å². The van der Waals surface area contributed by atoms with E-state index in [-0.39, 0.29) is 5.41 Å². The molecule has 1 fully saturated rings. The summed E-state index contributed by atoms with van der Waals surface area (Å²) in [5.74, 6) is 0. The summed E-state index contributed by atoms with van der Waals surface area (Å²) >= 11 is 3.68. The summed E-state index contributed by atoms with van der Waals surface area (Å²) < 4.78 is 3.24. The van der Waals surface area contributed by atoms with Crippen molar-refractivity contribution in [2.24, 2.45) is 5.41 Å². The van der Waals surface area contributed by atoms with E-state index in [0.29, 0.717) is 0 Å². The fraction of sp³-hybridized carbons (Fsp3) is 0.667. The van der Waals surface area contributed by atoms with Gasteiger partial charge in [-0.3, -0.25) is 4.68 Å². The van der Waals surface area contributed by atoms with E-state index in [9.17, 15) is 0 Å². The third-order valence-corrected chi connectivity index (χ3v) is 4.92. The molecule has 19 heavy (non-hydrogen) atoms. The molecule has 0 saturated heterocycles. The molecule has 0 amide bonds. The highest BCUT2D eigenvalue weighted by Gasteiger charge is 2.28. The molecule has 106 valence electrons. The van der Waals surface area contributed by atoms with Gasteiger partial charge in [0, 0.05) is 31.0 Å². The van der Waals surface area contributed by atoms with Gasteiger partial charge in [0.25, 0.3) is 0 Å². The first-order chi connectivity index (χ1) is 8.99. The summed E-state index contributed by atoms with van der Waals surface area (Å²) in [7, 11) is 0. The minimum atomic E-state index is 0.0739. The number of halogens is 1. The van der Waals surface area contributed by atoms with Gasteiger partial charge < -0.3 is 5.32 Å². The lowest BCUT2D eigenvalue weighted by molar-refractivity contribution is 0.376. The Morgan fingerprint density at radius 3 is 2.79 bits per heavy atom. The molecule has 1 heterocycles. The Labute approximate surface area is 124 Å². The van der Waals surface area contributed by atoms with E-state index < -0.39 is 0 Å². The second kappa shape index (κ2) is 5.80. The number of nitrogens with one attached hydrogen (secondary N) is 1. The van der Waals surface area contributed by atoms with Crippen molar-refractivity contribution in [3.05, 3.63) is 28.5 Å². The Morgan fingerprint density at radius 1 is 1.58 bits per heavy atom. The van der Waals surface area contributed by atoms with Gasteiger partial charge in [0.05, 0.1) is 15.9 Å². The van der Waals surface area contributed by atoms with Gasteiger partial charge >= 0.3 is 0 Å². The minimum Gasteiger partial charge on any atom is -0.313 e. The molecule has 1 aliphatic carbocycles. The third-order valence-electron chi connectivity index (χ3n) is 3.89. The van der Waals surface area contributed by atoms with Gasteiger partial charge in [-0.05, 0) is 42.6 Å². The van der Waals surface area contributed by atoms with E-state index in [1.165, 1.54) is 18.5 Å². The van der Waals surface area contributed by atoms with Gasteiger partial charge in [-0.15, -0.1) is 6.58 Å². The molecular weight excluding hydrogens is 302 g/mol. The van der Waals surface area contributed by atoms with E-state index in [0.717, 1.165) is 35.7 Å². The lowest BCUT2D eigenvalue weighted by Gasteiger charge is -2.27. The molecule has 0 aliphatic heterocycles. The fourth-order valence-electron chi connectivity index (χ4n) is 2.29. The molecule has 0 spiro atoms. The van der Waals surface area contributed by atoms with Crippen LogP contribution in [0.3, 0.4) is 0 Å². The highest BCUT2D eigenvalue weighted by molar-refractivity contribution is 9.10. The number of aromatic nitrogens is 2. The molecule has 3 nitrogen and oxygen atoms in total. The molecule has 0 radical (unpaired) electrons. The molecule has 0 bridgehead atoms. The predicted octanol–water partition coefficient (Wildman–Crippen LogP) is 3.46. The van der Waals surface area contributed by atoms with E-state index in [4.69, 9.17) is 0 Å². The van der Waals surface area contributed by atoms with Crippen LogP contribution in [0.4, 0.5) is 0 Å². The highest BCUT2D eigenvalue weighted by atomic mass is 79.9. The number of rotatable bonds is 7. The quantitative estimate of drug-likeness (QED) is 0.778. The fourth-order valence-corrected chi connectivity index (χ4v) is 2.72. The number of hydrogen-bond acceptors (Lipinski definition) is 2. The van der Waals surface area contributed by atoms with Gasteiger partial charge in [0.2, 0.25) is 0 Å². The van der Waals surface area contributed by atoms with Crippen molar-refractivity contribution in [2.45, 2.75) is 52.6 Å². The summed E-state index contributed by atoms with van der Waals surface area (Å²) in [5.41, 5.74) is 2.42. The van der Waals surface area contributed by atoms with Crippen molar-refractivity contribution in [2.75, 3.05) is 6.54 Å². The summed E-state index contributed by atoms with van der Waals surface area (Å²) in [6, 6.07) is 0.737. The van der Waals surface area contributed by atoms with E-state index in [1.807, 2.05) is 6.92 Å². The van der Waals surface area contributed by atoms with Crippen LogP contribution < -0.4 is 5.32 Å². The second-order valence-corrected chi connectivity index (χ2v) is 6.64. The second-order valence-electron chi connectivity index (χ2n) is 5.85. The highest BCUT2D eigenvalue weighted by Crippen LogP contribution is 2.30. The van der Waals surface area contributed by atoms with Gasteiger partial charge in [-0.25, -0.2) is 0 Å². The zero-order chi connectivity index (χ0) is 14.0.